The quantitative estimate of drug-likeness (QED) is 0.825. The third kappa shape index (κ3) is 3.17. The molecule has 0 saturated carbocycles. The molecule has 2 aromatic rings. The molecule has 5 heteroatoms. The molecule has 1 unspecified atom stereocenters. The Kier molecular flexibility index (Phi) is 4.73. The zero-order chi connectivity index (χ0) is 14.7. The van der Waals surface area contributed by atoms with Crippen LogP contribution in [0.4, 0.5) is 10.1 Å². The summed E-state index contributed by atoms with van der Waals surface area (Å²) in [4.78, 5) is 0. The van der Waals surface area contributed by atoms with Crippen LogP contribution in [0.2, 0.25) is 10.0 Å². The average molecular weight is 314 g/mol. The minimum atomic E-state index is -0.351. The van der Waals surface area contributed by atoms with Gasteiger partial charge in [-0.05, 0) is 30.7 Å². The summed E-state index contributed by atoms with van der Waals surface area (Å²) in [7, 11) is 1.54. The fraction of sp³-hybridized carbons (Fsp3) is 0.200. The summed E-state index contributed by atoms with van der Waals surface area (Å²) in [5.74, 6) is 0.231. The minimum Gasteiger partial charge on any atom is -0.497 e. The van der Waals surface area contributed by atoms with E-state index in [2.05, 4.69) is 5.32 Å². The van der Waals surface area contributed by atoms with E-state index in [9.17, 15) is 4.39 Å². The molecule has 0 bridgehead atoms. The molecule has 0 aliphatic carbocycles. The van der Waals surface area contributed by atoms with E-state index in [0.717, 1.165) is 5.56 Å². The van der Waals surface area contributed by atoms with E-state index in [-0.39, 0.29) is 11.9 Å². The van der Waals surface area contributed by atoms with Gasteiger partial charge in [0.15, 0.2) is 0 Å². The summed E-state index contributed by atoms with van der Waals surface area (Å²) >= 11 is 12.1. The lowest BCUT2D eigenvalue weighted by molar-refractivity contribution is 0.414. The second-order valence-corrected chi connectivity index (χ2v) is 5.14. The molecule has 2 rings (SSSR count). The van der Waals surface area contributed by atoms with Crippen LogP contribution in [0.15, 0.2) is 36.4 Å². The second kappa shape index (κ2) is 6.33. The number of nitrogens with one attached hydrogen (secondary N) is 1. The van der Waals surface area contributed by atoms with Crippen molar-refractivity contribution in [2.45, 2.75) is 13.0 Å². The van der Waals surface area contributed by atoms with Crippen LogP contribution < -0.4 is 10.1 Å². The molecule has 0 aromatic heterocycles. The van der Waals surface area contributed by atoms with Crippen LogP contribution in [0.25, 0.3) is 0 Å². The molecular weight excluding hydrogens is 300 g/mol. The van der Waals surface area contributed by atoms with Gasteiger partial charge in [0.05, 0.1) is 28.9 Å². The molecular formula is C15H14Cl2FNO. The number of anilines is 1. The molecule has 0 aliphatic heterocycles. The Morgan fingerprint density at radius 3 is 2.65 bits per heavy atom. The van der Waals surface area contributed by atoms with Gasteiger partial charge in [-0.1, -0.05) is 35.3 Å². The second-order valence-electron chi connectivity index (χ2n) is 4.35. The molecule has 0 aliphatic rings. The molecule has 106 valence electrons. The zero-order valence-corrected chi connectivity index (χ0v) is 12.6. The van der Waals surface area contributed by atoms with Gasteiger partial charge < -0.3 is 10.1 Å². The molecule has 0 heterocycles. The first-order chi connectivity index (χ1) is 9.52. The van der Waals surface area contributed by atoms with E-state index in [0.29, 0.717) is 21.5 Å². The highest BCUT2D eigenvalue weighted by Gasteiger charge is 2.14. The van der Waals surface area contributed by atoms with Crippen molar-refractivity contribution in [3.8, 4) is 5.75 Å². The molecule has 0 saturated heterocycles. The van der Waals surface area contributed by atoms with Crippen molar-refractivity contribution < 1.29 is 9.13 Å². The fourth-order valence-electron chi connectivity index (χ4n) is 1.91. The SMILES string of the molecule is COc1ccc(F)c(NC(C)c2cccc(Cl)c2Cl)c1. The lowest BCUT2D eigenvalue weighted by Gasteiger charge is -2.18. The molecule has 0 fully saturated rings. The van der Waals surface area contributed by atoms with Crippen LogP contribution in [0.5, 0.6) is 5.75 Å². The average Bonchev–Trinajstić information content (AvgIpc) is 2.44. The number of rotatable bonds is 4. The van der Waals surface area contributed by atoms with Gasteiger partial charge in [-0.3, -0.25) is 0 Å². The zero-order valence-electron chi connectivity index (χ0n) is 11.1. The predicted molar refractivity (Wildman–Crippen MR) is 81.5 cm³/mol. The first kappa shape index (κ1) is 14.9. The number of halogens is 3. The van der Waals surface area contributed by atoms with Gasteiger partial charge in [-0.25, -0.2) is 4.39 Å². The molecule has 0 radical (unpaired) electrons. The van der Waals surface area contributed by atoms with Gasteiger partial charge in [-0.2, -0.15) is 0 Å². The van der Waals surface area contributed by atoms with E-state index in [4.69, 9.17) is 27.9 Å². The van der Waals surface area contributed by atoms with Gasteiger partial charge in [0.1, 0.15) is 11.6 Å². The number of methoxy groups -OCH3 is 1. The standard InChI is InChI=1S/C15H14Cl2FNO/c1-9(11-4-3-5-12(16)15(11)17)19-14-8-10(20-2)6-7-13(14)18/h3-9,19H,1-2H3. The van der Waals surface area contributed by atoms with E-state index in [1.54, 1.807) is 18.2 Å². The van der Waals surface area contributed by atoms with Crippen LogP contribution in [0.3, 0.4) is 0 Å². The molecule has 2 nitrogen and oxygen atoms in total. The normalized spacial score (nSPS) is 12.1. The molecule has 0 amide bonds. The third-order valence-electron chi connectivity index (χ3n) is 2.99. The topological polar surface area (TPSA) is 21.3 Å². The lowest BCUT2D eigenvalue weighted by atomic mass is 10.1. The molecule has 20 heavy (non-hydrogen) atoms. The van der Waals surface area contributed by atoms with Crippen molar-refractivity contribution in [2.75, 3.05) is 12.4 Å². The van der Waals surface area contributed by atoms with Gasteiger partial charge in [0, 0.05) is 6.07 Å². The van der Waals surface area contributed by atoms with Crippen molar-refractivity contribution in [3.63, 3.8) is 0 Å². The summed E-state index contributed by atoms with van der Waals surface area (Å²) in [6.45, 7) is 1.89. The van der Waals surface area contributed by atoms with Crippen molar-refractivity contribution in [1.29, 1.82) is 0 Å². The number of hydrogen-bond donors (Lipinski definition) is 1. The van der Waals surface area contributed by atoms with E-state index in [1.807, 2.05) is 19.1 Å². The Balaban J connectivity index is 2.27. The maximum atomic E-state index is 13.8. The monoisotopic (exact) mass is 313 g/mol. The summed E-state index contributed by atoms with van der Waals surface area (Å²) in [5, 5.41) is 4.02. The van der Waals surface area contributed by atoms with Crippen LogP contribution in [0, 0.1) is 5.82 Å². The van der Waals surface area contributed by atoms with Gasteiger partial charge in [0.25, 0.3) is 0 Å². The number of ether oxygens (including phenoxy) is 1. The highest BCUT2D eigenvalue weighted by atomic mass is 35.5. The van der Waals surface area contributed by atoms with Crippen molar-refractivity contribution in [3.05, 3.63) is 57.8 Å². The first-order valence-electron chi connectivity index (χ1n) is 6.07. The maximum absolute atomic E-state index is 13.8. The fourth-order valence-corrected chi connectivity index (χ4v) is 2.38. The Morgan fingerprint density at radius 2 is 1.95 bits per heavy atom. The van der Waals surface area contributed by atoms with Crippen molar-refractivity contribution in [2.24, 2.45) is 0 Å². The summed E-state index contributed by atoms with van der Waals surface area (Å²) in [6, 6.07) is 9.71. The predicted octanol–water partition coefficient (Wildman–Crippen LogP) is 5.31. The molecule has 0 spiro atoms. The summed E-state index contributed by atoms with van der Waals surface area (Å²) < 4.78 is 18.9. The number of hydrogen-bond acceptors (Lipinski definition) is 2. The summed E-state index contributed by atoms with van der Waals surface area (Å²) in [5.41, 5.74) is 1.16. The lowest BCUT2D eigenvalue weighted by Crippen LogP contribution is -2.08. The molecule has 2 aromatic carbocycles. The summed E-state index contributed by atoms with van der Waals surface area (Å²) in [6.07, 6.45) is 0. The first-order valence-corrected chi connectivity index (χ1v) is 6.82. The van der Waals surface area contributed by atoms with Crippen molar-refractivity contribution >= 4 is 28.9 Å². The van der Waals surface area contributed by atoms with Gasteiger partial charge >= 0.3 is 0 Å². The van der Waals surface area contributed by atoms with Crippen LogP contribution >= 0.6 is 23.2 Å². The van der Waals surface area contributed by atoms with Crippen molar-refractivity contribution in [1.82, 2.24) is 0 Å². The third-order valence-corrected chi connectivity index (χ3v) is 3.83. The smallest absolute Gasteiger partial charge is 0.146 e. The Labute approximate surface area is 127 Å². The Hall–Kier alpha value is -1.45. The van der Waals surface area contributed by atoms with Gasteiger partial charge in [0.2, 0.25) is 0 Å². The maximum Gasteiger partial charge on any atom is 0.146 e. The van der Waals surface area contributed by atoms with Crippen LogP contribution in [-0.2, 0) is 0 Å². The van der Waals surface area contributed by atoms with Gasteiger partial charge in [-0.15, -0.1) is 0 Å². The largest absolute Gasteiger partial charge is 0.497 e. The molecule has 1 atom stereocenters. The highest BCUT2D eigenvalue weighted by molar-refractivity contribution is 6.42. The Bertz CT molecular complexity index is 619. The molecule has 1 N–H and O–H groups in total. The van der Waals surface area contributed by atoms with E-state index < -0.39 is 0 Å². The van der Waals surface area contributed by atoms with E-state index >= 15 is 0 Å². The van der Waals surface area contributed by atoms with Crippen LogP contribution in [-0.4, -0.2) is 7.11 Å². The Morgan fingerprint density at radius 1 is 1.20 bits per heavy atom. The van der Waals surface area contributed by atoms with E-state index in [1.165, 1.54) is 13.2 Å². The van der Waals surface area contributed by atoms with Crippen LogP contribution in [0.1, 0.15) is 18.5 Å². The minimum absolute atomic E-state index is 0.192. The number of benzene rings is 2. The highest BCUT2D eigenvalue weighted by Crippen LogP contribution is 2.32.